The van der Waals surface area contributed by atoms with E-state index >= 15 is 0 Å². The number of ether oxygens (including phenoxy) is 1. The van der Waals surface area contributed by atoms with E-state index in [1.165, 1.54) is 19.1 Å². The van der Waals surface area contributed by atoms with Crippen LogP contribution >= 0.6 is 0 Å². The lowest BCUT2D eigenvalue weighted by molar-refractivity contribution is -0.140. The van der Waals surface area contributed by atoms with Gasteiger partial charge in [-0.15, -0.1) is 0 Å². The fourth-order valence-electron chi connectivity index (χ4n) is 0.282. The van der Waals surface area contributed by atoms with E-state index in [1.54, 1.807) is 0 Å². The van der Waals surface area contributed by atoms with Crippen LogP contribution in [0.3, 0.4) is 0 Å². The Bertz CT molecular complexity index is 146. The van der Waals surface area contributed by atoms with Gasteiger partial charge in [0.1, 0.15) is 0 Å². The minimum absolute atomic E-state index is 0.433. The quantitative estimate of drug-likeness (QED) is 0.344. The Morgan fingerprint density at radius 3 is 2.67 bits per heavy atom. The van der Waals surface area contributed by atoms with E-state index in [-0.39, 0.29) is 0 Å². The van der Waals surface area contributed by atoms with Gasteiger partial charge in [-0.3, -0.25) is 4.79 Å². The van der Waals surface area contributed by atoms with Crippen LogP contribution < -0.4 is 0 Å². The molecule has 0 saturated carbocycles. The molecule has 0 aromatic heterocycles. The third-order valence-electron chi connectivity index (χ3n) is 0.509. The van der Waals surface area contributed by atoms with Crippen LogP contribution in [0.4, 0.5) is 0 Å². The zero-order valence-corrected chi connectivity index (χ0v) is 5.13. The summed E-state index contributed by atoms with van der Waals surface area (Å²) in [4.78, 5) is 10.1. The van der Waals surface area contributed by atoms with Crippen LogP contribution in [-0.4, -0.2) is 11.1 Å². The molecular weight excluding hydrogens is 120 g/mol. The van der Waals surface area contributed by atoms with Crippen molar-refractivity contribution in [3.63, 3.8) is 0 Å². The van der Waals surface area contributed by atoms with E-state index in [9.17, 15) is 4.79 Å². The van der Waals surface area contributed by atoms with Gasteiger partial charge in [-0.05, 0) is 0 Å². The smallest absolute Gasteiger partial charge is 0.310 e. The van der Waals surface area contributed by atoms with Gasteiger partial charge in [0.15, 0.2) is 0 Å². The molecule has 0 bridgehead atoms. The second kappa shape index (κ2) is 3.72. The molecule has 50 valence electrons. The molecule has 0 aromatic carbocycles. The molecule has 0 aliphatic carbocycles. The molecule has 1 N–H and O–H groups in total. The summed E-state index contributed by atoms with van der Waals surface area (Å²) < 4.78 is 4.20. The molecule has 0 rings (SSSR count). The minimum atomic E-state index is -0.550. The Morgan fingerprint density at radius 2 is 2.33 bits per heavy atom. The average Bonchev–Trinajstić information content (AvgIpc) is 1.63. The summed E-state index contributed by atoms with van der Waals surface area (Å²) in [6.45, 7) is 4.48. The number of rotatable bonds is 2. The van der Waals surface area contributed by atoms with E-state index in [0.717, 1.165) is 0 Å². The Kier molecular flexibility index (Phi) is 3.20. The second-order valence-electron chi connectivity index (χ2n) is 1.33. The van der Waals surface area contributed by atoms with Crippen LogP contribution in [0.1, 0.15) is 6.92 Å². The van der Waals surface area contributed by atoms with Gasteiger partial charge in [0.25, 0.3) is 5.95 Å². The van der Waals surface area contributed by atoms with Crippen molar-refractivity contribution >= 4 is 5.97 Å². The van der Waals surface area contributed by atoms with Gasteiger partial charge >= 0.3 is 5.97 Å². The summed E-state index contributed by atoms with van der Waals surface area (Å²) in [6.07, 6.45) is 2.50. The first-order valence-electron chi connectivity index (χ1n) is 2.37. The molecular formula is C6H8O3. The monoisotopic (exact) mass is 128 g/mol. The molecule has 0 radical (unpaired) electrons. The molecule has 0 saturated heterocycles. The molecule has 0 spiro atoms. The van der Waals surface area contributed by atoms with E-state index in [0.29, 0.717) is 0 Å². The predicted molar refractivity (Wildman–Crippen MR) is 32.7 cm³/mol. The van der Waals surface area contributed by atoms with Gasteiger partial charge in [-0.1, -0.05) is 12.7 Å². The lowest BCUT2D eigenvalue weighted by Gasteiger charge is -1.94. The highest BCUT2D eigenvalue weighted by Gasteiger charge is 1.93. The Labute approximate surface area is 53.3 Å². The maximum atomic E-state index is 10.1. The van der Waals surface area contributed by atoms with Crippen LogP contribution in [0.5, 0.6) is 0 Å². The topological polar surface area (TPSA) is 46.5 Å². The molecule has 0 aromatic rings. The highest BCUT2D eigenvalue weighted by Crippen LogP contribution is 1.90. The fraction of sp³-hybridized carbons (Fsp3) is 0.167. The summed E-state index contributed by atoms with van der Waals surface area (Å²) in [5.74, 6) is -0.983. The molecule has 3 heteroatoms. The van der Waals surface area contributed by atoms with Gasteiger partial charge in [0, 0.05) is 13.0 Å². The van der Waals surface area contributed by atoms with Crippen LogP contribution in [0.2, 0.25) is 0 Å². The largest absolute Gasteiger partial charge is 0.481 e. The van der Waals surface area contributed by atoms with Crippen molar-refractivity contribution in [2.45, 2.75) is 6.92 Å². The molecule has 0 amide bonds. The Balaban J connectivity index is 3.75. The number of aliphatic hydroxyl groups excluding tert-OH is 1. The highest BCUT2D eigenvalue weighted by atomic mass is 16.6. The van der Waals surface area contributed by atoms with Crippen LogP contribution in [0.25, 0.3) is 0 Å². The van der Waals surface area contributed by atoms with Crippen molar-refractivity contribution in [1.82, 2.24) is 0 Å². The van der Waals surface area contributed by atoms with E-state index in [4.69, 9.17) is 5.11 Å². The van der Waals surface area contributed by atoms with Crippen molar-refractivity contribution in [3.8, 4) is 0 Å². The minimum Gasteiger partial charge on any atom is -0.481 e. The van der Waals surface area contributed by atoms with Gasteiger partial charge in [0.05, 0.1) is 0 Å². The van der Waals surface area contributed by atoms with E-state index < -0.39 is 11.9 Å². The summed E-state index contributed by atoms with van der Waals surface area (Å²) >= 11 is 0. The highest BCUT2D eigenvalue weighted by molar-refractivity contribution is 5.66. The molecule has 0 heterocycles. The number of allylic oxidation sites excluding steroid dienone is 2. The first kappa shape index (κ1) is 7.75. The van der Waals surface area contributed by atoms with Gasteiger partial charge in [-0.2, -0.15) is 0 Å². The maximum absolute atomic E-state index is 10.1. The number of hydrogen-bond acceptors (Lipinski definition) is 3. The number of carbonyl (C=O) groups is 1. The van der Waals surface area contributed by atoms with E-state index in [1.807, 2.05) is 0 Å². The van der Waals surface area contributed by atoms with Crippen LogP contribution in [-0.2, 0) is 9.53 Å². The molecule has 0 unspecified atom stereocenters. The number of carbonyl (C=O) groups excluding carboxylic acids is 1. The molecule has 0 aliphatic heterocycles. The van der Waals surface area contributed by atoms with Gasteiger partial charge < -0.3 is 9.84 Å². The van der Waals surface area contributed by atoms with E-state index in [2.05, 4.69) is 11.3 Å². The summed E-state index contributed by atoms with van der Waals surface area (Å²) in [5, 5.41) is 8.57. The summed E-state index contributed by atoms with van der Waals surface area (Å²) in [7, 11) is 0. The molecule has 3 nitrogen and oxygen atoms in total. The Morgan fingerprint density at radius 1 is 1.78 bits per heavy atom. The third-order valence-corrected chi connectivity index (χ3v) is 0.509. The molecule has 9 heavy (non-hydrogen) atoms. The normalized spacial score (nSPS) is 10.6. The zero-order chi connectivity index (χ0) is 7.28. The maximum Gasteiger partial charge on any atom is 0.310 e. The summed E-state index contributed by atoms with van der Waals surface area (Å²) in [5.41, 5.74) is 0. The lowest BCUT2D eigenvalue weighted by atomic mass is 10.6. The van der Waals surface area contributed by atoms with Crippen molar-refractivity contribution in [2.75, 3.05) is 0 Å². The van der Waals surface area contributed by atoms with Gasteiger partial charge in [-0.25, -0.2) is 0 Å². The SMILES string of the molecule is C=C/C=C(\O)OC(C)=O. The fourth-order valence-corrected chi connectivity index (χ4v) is 0.282. The van der Waals surface area contributed by atoms with Crippen LogP contribution in [0, 0.1) is 0 Å². The molecule has 0 aliphatic rings. The standard InChI is InChI=1S/C6H8O3/c1-3-4-6(8)9-5(2)7/h3-4,8H,1H2,2H3/b6-4+. The number of aliphatic hydroxyl groups is 1. The molecule has 0 atom stereocenters. The van der Waals surface area contributed by atoms with Crippen molar-refractivity contribution < 1.29 is 14.6 Å². The zero-order valence-electron chi connectivity index (χ0n) is 5.13. The lowest BCUT2D eigenvalue weighted by Crippen LogP contribution is -1.96. The third kappa shape index (κ3) is 4.61. The average molecular weight is 128 g/mol. The van der Waals surface area contributed by atoms with Crippen molar-refractivity contribution in [1.29, 1.82) is 0 Å². The molecule has 0 fully saturated rings. The second-order valence-corrected chi connectivity index (χ2v) is 1.33. The Hall–Kier alpha value is -1.25. The van der Waals surface area contributed by atoms with Crippen molar-refractivity contribution in [3.05, 3.63) is 24.7 Å². The number of hydrogen-bond donors (Lipinski definition) is 1. The first-order valence-corrected chi connectivity index (χ1v) is 2.37. The summed E-state index contributed by atoms with van der Waals surface area (Å²) in [6, 6.07) is 0. The van der Waals surface area contributed by atoms with Crippen molar-refractivity contribution in [2.24, 2.45) is 0 Å². The van der Waals surface area contributed by atoms with Gasteiger partial charge in [0.2, 0.25) is 0 Å². The number of esters is 1. The van der Waals surface area contributed by atoms with Crippen LogP contribution in [0.15, 0.2) is 24.7 Å². The predicted octanol–water partition coefficient (Wildman–Crippen LogP) is 1.13. The first-order chi connectivity index (χ1) is 4.16.